The van der Waals surface area contributed by atoms with Crippen molar-refractivity contribution in [3.8, 4) is 0 Å². The zero-order valence-corrected chi connectivity index (χ0v) is 17.4. The van der Waals surface area contributed by atoms with Gasteiger partial charge in [0.1, 0.15) is 0 Å². The molecule has 0 aliphatic rings. The van der Waals surface area contributed by atoms with E-state index in [4.69, 9.17) is 48.1 Å². The van der Waals surface area contributed by atoms with E-state index < -0.39 is 0 Å². The van der Waals surface area contributed by atoms with Gasteiger partial charge in [-0.05, 0) is 0 Å². The van der Waals surface area contributed by atoms with Gasteiger partial charge in [-0.15, -0.1) is 0 Å². The number of aliphatic hydroxyl groups excluding tert-OH is 2. The second kappa shape index (κ2) is 29.8. The standard InChI is InChI=1S/C18H38O10.H2O/c19-1-3-21-5-7-23-9-11-25-13-15-27-17-18-28-16-14-26-12-10-24-8-6-22-4-2-20;/h19-20H,1-18H2;1H2. The highest BCUT2D eigenvalue weighted by Crippen LogP contribution is 1.85. The van der Waals surface area contributed by atoms with Crippen molar-refractivity contribution in [1.29, 1.82) is 0 Å². The van der Waals surface area contributed by atoms with Crippen molar-refractivity contribution in [3.63, 3.8) is 0 Å². The Bertz CT molecular complexity index is 246. The second-order valence-electron chi connectivity index (χ2n) is 5.35. The third kappa shape index (κ3) is 29.8. The number of hydrogen-bond acceptors (Lipinski definition) is 10. The van der Waals surface area contributed by atoms with E-state index >= 15 is 0 Å². The van der Waals surface area contributed by atoms with Crippen molar-refractivity contribution >= 4 is 0 Å². The van der Waals surface area contributed by atoms with Crippen molar-refractivity contribution < 1.29 is 53.6 Å². The molecule has 0 bridgehead atoms. The SMILES string of the molecule is O.OCCOCCOCCOCCOCCOCCOCCOCCOCCO. The van der Waals surface area contributed by atoms with Gasteiger partial charge in [0, 0.05) is 0 Å². The van der Waals surface area contributed by atoms with Gasteiger partial charge in [-0.1, -0.05) is 0 Å². The molecule has 4 N–H and O–H groups in total. The van der Waals surface area contributed by atoms with Crippen molar-refractivity contribution in [2.45, 2.75) is 0 Å². The highest BCUT2D eigenvalue weighted by Gasteiger charge is 1.94. The van der Waals surface area contributed by atoms with E-state index in [1.165, 1.54) is 0 Å². The third-order valence-corrected chi connectivity index (χ3v) is 3.08. The van der Waals surface area contributed by atoms with Crippen molar-refractivity contribution in [2.75, 3.05) is 119 Å². The Balaban J connectivity index is 0. The lowest BCUT2D eigenvalue weighted by atomic mass is 10.6. The summed E-state index contributed by atoms with van der Waals surface area (Å²) >= 11 is 0. The molecule has 0 aromatic rings. The molecule has 0 rings (SSSR count). The molecule has 0 aromatic heterocycles. The van der Waals surface area contributed by atoms with E-state index in [-0.39, 0.29) is 18.7 Å². The molecule has 29 heavy (non-hydrogen) atoms. The third-order valence-electron chi connectivity index (χ3n) is 3.08. The van der Waals surface area contributed by atoms with Crippen LogP contribution in [0.3, 0.4) is 0 Å². The molecule has 0 saturated heterocycles. The lowest BCUT2D eigenvalue weighted by Gasteiger charge is -2.08. The highest BCUT2D eigenvalue weighted by molar-refractivity contribution is 4.37. The lowest BCUT2D eigenvalue weighted by Crippen LogP contribution is -2.15. The summed E-state index contributed by atoms with van der Waals surface area (Å²) in [6, 6.07) is 0. The van der Waals surface area contributed by atoms with Gasteiger partial charge in [-0.3, -0.25) is 0 Å². The summed E-state index contributed by atoms with van der Waals surface area (Å²) in [5.74, 6) is 0. The van der Waals surface area contributed by atoms with E-state index in [1.807, 2.05) is 0 Å². The molecular weight excluding hydrogens is 392 g/mol. The monoisotopic (exact) mass is 432 g/mol. The average molecular weight is 433 g/mol. The van der Waals surface area contributed by atoms with Gasteiger partial charge >= 0.3 is 0 Å². The fourth-order valence-electron chi connectivity index (χ4n) is 1.77. The normalized spacial score (nSPS) is 11.0. The minimum absolute atomic E-state index is 0. The second-order valence-corrected chi connectivity index (χ2v) is 5.35. The largest absolute Gasteiger partial charge is 0.412 e. The van der Waals surface area contributed by atoms with Gasteiger partial charge < -0.3 is 53.6 Å². The van der Waals surface area contributed by atoms with Crippen LogP contribution in [0.25, 0.3) is 0 Å². The van der Waals surface area contributed by atoms with Crippen molar-refractivity contribution in [1.82, 2.24) is 0 Å². The molecule has 0 amide bonds. The number of hydrogen-bond donors (Lipinski definition) is 2. The molecule has 178 valence electrons. The quantitative estimate of drug-likeness (QED) is 0.160. The molecule has 0 aromatic carbocycles. The van der Waals surface area contributed by atoms with Gasteiger partial charge in [0.05, 0.1) is 119 Å². The molecule has 0 saturated carbocycles. The molecule has 11 nitrogen and oxygen atoms in total. The topological polar surface area (TPSA) is 146 Å². The molecule has 0 heterocycles. The molecule has 0 aliphatic carbocycles. The van der Waals surface area contributed by atoms with Crippen LogP contribution >= 0.6 is 0 Å². The molecule has 0 unspecified atom stereocenters. The summed E-state index contributed by atoms with van der Waals surface area (Å²) in [6.07, 6.45) is 0. The first-order valence-electron chi connectivity index (χ1n) is 9.75. The number of rotatable bonds is 25. The predicted molar refractivity (Wildman–Crippen MR) is 104 cm³/mol. The summed E-state index contributed by atoms with van der Waals surface area (Å²) in [5.41, 5.74) is 0. The fraction of sp³-hybridized carbons (Fsp3) is 1.00. The summed E-state index contributed by atoms with van der Waals surface area (Å²) in [4.78, 5) is 0. The minimum Gasteiger partial charge on any atom is -0.412 e. The Labute approximate surface area is 173 Å². The maximum absolute atomic E-state index is 8.52. The fourth-order valence-corrected chi connectivity index (χ4v) is 1.77. The number of aliphatic hydroxyl groups is 2. The Morgan fingerprint density at radius 2 is 0.414 bits per heavy atom. The van der Waals surface area contributed by atoms with Gasteiger partial charge in [0.25, 0.3) is 0 Å². The van der Waals surface area contributed by atoms with E-state index in [9.17, 15) is 0 Å². The Hall–Kier alpha value is -0.440. The highest BCUT2D eigenvalue weighted by atomic mass is 16.6. The maximum Gasteiger partial charge on any atom is 0.0701 e. The molecule has 11 heteroatoms. The van der Waals surface area contributed by atoms with E-state index in [1.54, 1.807) is 0 Å². The first kappa shape index (κ1) is 30.8. The summed E-state index contributed by atoms with van der Waals surface area (Å²) in [5, 5.41) is 17.0. The van der Waals surface area contributed by atoms with Crippen LogP contribution in [-0.2, 0) is 37.9 Å². The van der Waals surface area contributed by atoms with E-state index in [0.29, 0.717) is 106 Å². The van der Waals surface area contributed by atoms with Gasteiger partial charge in [0.15, 0.2) is 0 Å². The van der Waals surface area contributed by atoms with E-state index in [0.717, 1.165) is 0 Å². The summed E-state index contributed by atoms with van der Waals surface area (Å²) in [6.45, 7) is 7.79. The van der Waals surface area contributed by atoms with Crippen LogP contribution in [-0.4, -0.2) is 135 Å². The van der Waals surface area contributed by atoms with Crippen LogP contribution in [0.5, 0.6) is 0 Å². The Morgan fingerprint density at radius 3 is 0.552 bits per heavy atom. The van der Waals surface area contributed by atoms with Gasteiger partial charge in [-0.2, -0.15) is 0 Å². The Kier molecular flexibility index (Phi) is 31.6. The van der Waals surface area contributed by atoms with E-state index in [2.05, 4.69) is 0 Å². The summed E-state index contributed by atoms with van der Waals surface area (Å²) < 4.78 is 42.2. The molecular formula is C18H40O11. The van der Waals surface area contributed by atoms with Gasteiger partial charge in [0.2, 0.25) is 0 Å². The maximum atomic E-state index is 8.52. The van der Waals surface area contributed by atoms with Gasteiger partial charge in [-0.25, -0.2) is 0 Å². The van der Waals surface area contributed by atoms with Crippen LogP contribution in [0.2, 0.25) is 0 Å². The first-order valence-corrected chi connectivity index (χ1v) is 9.75. The zero-order chi connectivity index (χ0) is 20.4. The van der Waals surface area contributed by atoms with Crippen LogP contribution in [0.1, 0.15) is 0 Å². The lowest BCUT2D eigenvalue weighted by molar-refractivity contribution is -0.0244. The van der Waals surface area contributed by atoms with Crippen LogP contribution in [0, 0.1) is 0 Å². The average Bonchev–Trinajstić information content (AvgIpc) is 2.71. The van der Waals surface area contributed by atoms with Crippen LogP contribution in [0.4, 0.5) is 0 Å². The molecule has 0 spiro atoms. The van der Waals surface area contributed by atoms with Crippen LogP contribution < -0.4 is 0 Å². The summed E-state index contributed by atoms with van der Waals surface area (Å²) in [7, 11) is 0. The molecule has 0 fully saturated rings. The zero-order valence-electron chi connectivity index (χ0n) is 17.4. The van der Waals surface area contributed by atoms with Crippen molar-refractivity contribution in [3.05, 3.63) is 0 Å². The molecule has 0 aliphatic heterocycles. The number of ether oxygens (including phenoxy) is 8. The molecule has 0 radical (unpaired) electrons. The molecule has 0 atom stereocenters. The van der Waals surface area contributed by atoms with Crippen molar-refractivity contribution in [2.24, 2.45) is 0 Å². The predicted octanol–water partition coefficient (Wildman–Crippen LogP) is -1.72. The smallest absolute Gasteiger partial charge is 0.0701 e. The van der Waals surface area contributed by atoms with Crippen LogP contribution in [0.15, 0.2) is 0 Å². The first-order chi connectivity index (χ1) is 13.9. The Morgan fingerprint density at radius 1 is 0.276 bits per heavy atom. The minimum atomic E-state index is 0.